The Bertz CT molecular complexity index is 600. The number of nitrogens with zero attached hydrogens (tertiary/aromatic N) is 2. The highest BCUT2D eigenvalue weighted by molar-refractivity contribution is 6.30. The zero-order valence-electron chi connectivity index (χ0n) is 11.8. The Balaban J connectivity index is 1.60. The largest absolute Gasteiger partial charge is 0.439 e. The molecule has 116 valence electrons. The molecular weight excluding hydrogens is 308 g/mol. The summed E-state index contributed by atoms with van der Waals surface area (Å²) >= 11 is 5.82. The van der Waals surface area contributed by atoms with Crippen LogP contribution in [-0.2, 0) is 20.7 Å². The van der Waals surface area contributed by atoms with E-state index in [9.17, 15) is 14.4 Å². The minimum Gasteiger partial charge on any atom is -0.439 e. The predicted octanol–water partition coefficient (Wildman–Crippen LogP) is 1.46. The molecule has 0 aliphatic carbocycles. The maximum atomic E-state index is 12.3. The van der Waals surface area contributed by atoms with Gasteiger partial charge in [-0.3, -0.25) is 9.59 Å². The summed E-state index contributed by atoms with van der Waals surface area (Å²) in [7, 11) is 0. The van der Waals surface area contributed by atoms with Gasteiger partial charge in [0.25, 0.3) is 5.91 Å². The number of ether oxygens (including phenoxy) is 1. The molecule has 0 aromatic heterocycles. The van der Waals surface area contributed by atoms with Gasteiger partial charge in [-0.2, -0.15) is 0 Å². The Morgan fingerprint density at radius 1 is 1.27 bits per heavy atom. The van der Waals surface area contributed by atoms with Crippen LogP contribution in [0, 0.1) is 0 Å². The van der Waals surface area contributed by atoms with Crippen LogP contribution < -0.4 is 0 Å². The topological polar surface area (TPSA) is 66.9 Å². The summed E-state index contributed by atoms with van der Waals surface area (Å²) in [6.07, 6.45) is 0.261. The van der Waals surface area contributed by atoms with Crippen LogP contribution in [0.15, 0.2) is 24.3 Å². The quantitative estimate of drug-likeness (QED) is 0.845. The predicted molar refractivity (Wildman–Crippen MR) is 78.3 cm³/mol. The second-order valence-electron chi connectivity index (χ2n) is 5.40. The highest BCUT2D eigenvalue weighted by atomic mass is 35.5. The normalized spacial score (nSPS) is 21.4. The lowest BCUT2D eigenvalue weighted by Crippen LogP contribution is -2.42. The average molecular weight is 323 g/mol. The van der Waals surface area contributed by atoms with Crippen molar-refractivity contribution >= 4 is 29.5 Å². The van der Waals surface area contributed by atoms with E-state index in [1.165, 1.54) is 0 Å². The molecular formula is C15H15ClN2O4. The van der Waals surface area contributed by atoms with E-state index < -0.39 is 6.09 Å². The number of halogens is 1. The minimum absolute atomic E-state index is 0.0233. The molecule has 6 nitrogen and oxygen atoms in total. The first-order valence-electron chi connectivity index (χ1n) is 7.05. The van der Waals surface area contributed by atoms with Gasteiger partial charge in [-0.05, 0) is 24.1 Å². The van der Waals surface area contributed by atoms with E-state index in [0.717, 1.165) is 10.5 Å². The number of benzene rings is 1. The Morgan fingerprint density at radius 3 is 2.64 bits per heavy atom. The third kappa shape index (κ3) is 2.92. The molecule has 2 aliphatic rings. The summed E-state index contributed by atoms with van der Waals surface area (Å²) in [4.78, 5) is 38.3. The molecule has 0 bridgehead atoms. The van der Waals surface area contributed by atoms with Gasteiger partial charge in [-0.25, -0.2) is 9.69 Å². The third-order valence-corrected chi connectivity index (χ3v) is 4.19. The number of hydrogen-bond acceptors (Lipinski definition) is 4. The third-order valence-electron chi connectivity index (χ3n) is 3.93. The van der Waals surface area contributed by atoms with Crippen molar-refractivity contribution in [2.75, 3.05) is 19.7 Å². The summed E-state index contributed by atoms with van der Waals surface area (Å²) in [6, 6.07) is 6.84. The van der Waals surface area contributed by atoms with Gasteiger partial charge in [0.05, 0.1) is 12.5 Å². The number of carbonyl (C=O) groups excluding carboxylic acids is 3. The van der Waals surface area contributed by atoms with E-state index in [-0.39, 0.29) is 30.9 Å². The summed E-state index contributed by atoms with van der Waals surface area (Å²) in [5.74, 6) is -0.355. The molecule has 0 radical (unpaired) electrons. The highest BCUT2D eigenvalue weighted by Gasteiger charge is 2.41. The van der Waals surface area contributed by atoms with Gasteiger partial charge in [0.1, 0.15) is 0 Å². The monoisotopic (exact) mass is 322 g/mol. The van der Waals surface area contributed by atoms with Crippen molar-refractivity contribution in [2.24, 2.45) is 0 Å². The molecule has 2 saturated heterocycles. The number of hydrogen-bond donors (Lipinski definition) is 0. The van der Waals surface area contributed by atoms with Gasteiger partial charge >= 0.3 is 6.09 Å². The van der Waals surface area contributed by atoms with Crippen LogP contribution in [0.25, 0.3) is 0 Å². The summed E-state index contributed by atoms with van der Waals surface area (Å²) in [6.45, 7) is 0.704. The Kier molecular flexibility index (Phi) is 4.02. The zero-order chi connectivity index (χ0) is 15.7. The molecule has 0 spiro atoms. The maximum absolute atomic E-state index is 12.3. The molecule has 2 fully saturated rings. The lowest BCUT2D eigenvalue weighted by molar-refractivity contribution is -0.131. The van der Waals surface area contributed by atoms with Gasteiger partial charge in [-0.1, -0.05) is 23.7 Å². The van der Waals surface area contributed by atoms with Crippen LogP contribution in [0.4, 0.5) is 4.79 Å². The summed E-state index contributed by atoms with van der Waals surface area (Å²) in [5.41, 5.74) is 0.884. The molecule has 2 aliphatic heterocycles. The molecule has 2 heterocycles. The van der Waals surface area contributed by atoms with Crippen molar-refractivity contribution in [1.82, 2.24) is 9.80 Å². The van der Waals surface area contributed by atoms with Crippen molar-refractivity contribution in [3.8, 4) is 0 Å². The fourth-order valence-electron chi connectivity index (χ4n) is 2.78. The van der Waals surface area contributed by atoms with Crippen molar-refractivity contribution in [3.63, 3.8) is 0 Å². The molecule has 7 heteroatoms. The number of imide groups is 1. The molecule has 3 rings (SSSR count). The highest BCUT2D eigenvalue weighted by Crippen LogP contribution is 2.21. The number of amides is 3. The van der Waals surface area contributed by atoms with Gasteiger partial charge in [0.15, 0.2) is 6.61 Å². The first-order chi connectivity index (χ1) is 10.5. The maximum Gasteiger partial charge on any atom is 0.417 e. The lowest BCUT2D eigenvalue weighted by Gasteiger charge is -2.20. The van der Waals surface area contributed by atoms with Crippen molar-refractivity contribution in [1.29, 1.82) is 0 Å². The zero-order valence-corrected chi connectivity index (χ0v) is 12.6. The lowest BCUT2D eigenvalue weighted by atomic mass is 10.1. The van der Waals surface area contributed by atoms with E-state index in [1.54, 1.807) is 17.0 Å². The second-order valence-corrected chi connectivity index (χ2v) is 5.84. The van der Waals surface area contributed by atoms with Crippen molar-refractivity contribution < 1.29 is 19.1 Å². The number of likely N-dealkylation sites (tertiary alicyclic amines) is 1. The molecule has 1 unspecified atom stereocenters. The van der Waals surface area contributed by atoms with Crippen molar-refractivity contribution in [2.45, 2.75) is 18.9 Å². The van der Waals surface area contributed by atoms with Crippen LogP contribution in [0.3, 0.4) is 0 Å². The smallest absolute Gasteiger partial charge is 0.417 e. The Morgan fingerprint density at radius 2 is 2.00 bits per heavy atom. The fraction of sp³-hybridized carbons (Fsp3) is 0.400. The molecule has 1 aromatic rings. The van der Waals surface area contributed by atoms with Gasteiger partial charge in [0, 0.05) is 18.1 Å². The van der Waals surface area contributed by atoms with E-state index in [4.69, 9.17) is 16.3 Å². The standard InChI is InChI=1S/C15H15ClN2O4/c16-11-3-1-10(2-4-11)7-13(19)17-6-5-12(8-17)18-14(20)9-22-15(18)21/h1-4,12H,5-9H2. The van der Waals surface area contributed by atoms with E-state index in [2.05, 4.69) is 0 Å². The molecule has 0 N–H and O–H groups in total. The fourth-order valence-corrected chi connectivity index (χ4v) is 2.91. The summed E-state index contributed by atoms with van der Waals surface area (Å²) in [5, 5.41) is 0.628. The second kappa shape index (κ2) is 5.96. The molecule has 22 heavy (non-hydrogen) atoms. The Hall–Kier alpha value is -2.08. The Labute approximate surface area is 132 Å². The van der Waals surface area contributed by atoms with E-state index in [0.29, 0.717) is 24.5 Å². The number of carbonyl (C=O) groups is 3. The average Bonchev–Trinajstić information content (AvgIpc) is 3.08. The van der Waals surface area contributed by atoms with Gasteiger partial charge in [0.2, 0.25) is 5.91 Å². The summed E-state index contributed by atoms with van der Waals surface area (Å²) < 4.78 is 4.71. The molecule has 1 aromatic carbocycles. The SMILES string of the molecule is O=C(Cc1ccc(Cl)cc1)N1CCC(N2C(=O)COC2=O)C1. The van der Waals surface area contributed by atoms with Crippen molar-refractivity contribution in [3.05, 3.63) is 34.9 Å². The van der Waals surface area contributed by atoms with E-state index >= 15 is 0 Å². The van der Waals surface area contributed by atoms with Crippen LogP contribution in [0.5, 0.6) is 0 Å². The van der Waals surface area contributed by atoms with Gasteiger partial charge in [-0.15, -0.1) is 0 Å². The number of cyclic esters (lactones) is 1. The van der Waals surface area contributed by atoms with Crippen LogP contribution in [0.1, 0.15) is 12.0 Å². The molecule has 0 saturated carbocycles. The van der Waals surface area contributed by atoms with E-state index in [1.807, 2.05) is 12.1 Å². The first kappa shape index (κ1) is 14.8. The first-order valence-corrected chi connectivity index (χ1v) is 7.43. The molecule has 3 amide bonds. The van der Waals surface area contributed by atoms with Gasteiger partial charge < -0.3 is 9.64 Å². The van der Waals surface area contributed by atoms with Crippen LogP contribution in [0.2, 0.25) is 5.02 Å². The minimum atomic E-state index is -0.609. The van der Waals surface area contributed by atoms with Crippen LogP contribution in [-0.4, -0.2) is 53.4 Å². The molecule has 1 atom stereocenters. The van der Waals surface area contributed by atoms with Crippen LogP contribution >= 0.6 is 11.6 Å². The number of rotatable bonds is 3.